The Labute approximate surface area is 625 Å². The van der Waals surface area contributed by atoms with Crippen molar-refractivity contribution in [2.75, 3.05) is 39.6 Å². The fourth-order valence-corrected chi connectivity index (χ4v) is 11.8. The molecule has 4 N–H and O–H groups in total. The van der Waals surface area contributed by atoms with Gasteiger partial charge in [-0.25, -0.2) is 9.13 Å². The maximum Gasteiger partial charge on any atom is 0.472 e. The van der Waals surface area contributed by atoms with Crippen molar-refractivity contribution in [2.24, 2.45) is 0 Å². The number of carbonyl (C=O) groups excluding carboxylic acids is 3. The summed E-state index contributed by atoms with van der Waals surface area (Å²) in [5.74, 6) is -1.70. The van der Waals surface area contributed by atoms with Crippen LogP contribution in [-0.4, -0.2) is 95.9 Å². The zero-order valence-corrected chi connectivity index (χ0v) is 66.0. The van der Waals surface area contributed by atoms with Crippen LogP contribution in [0.4, 0.5) is 0 Å². The Morgan fingerprint density at radius 1 is 0.282 bits per heavy atom. The molecule has 0 aromatic rings. The molecule has 588 valence electrons. The Kier molecular flexibility index (Phi) is 73.2. The van der Waals surface area contributed by atoms with E-state index in [1.807, 2.05) is 18.2 Å². The average Bonchev–Trinajstić information content (AvgIpc) is 0.917. The molecule has 0 aliphatic heterocycles. The molecule has 0 aliphatic rings. The first-order chi connectivity index (χ1) is 50.2. The Balaban J connectivity index is 4.49. The molecule has 18 heteroatoms. The lowest BCUT2D eigenvalue weighted by atomic mass is 10.0. The van der Waals surface area contributed by atoms with E-state index < -0.39 is 91.5 Å². The molecule has 0 saturated carbocycles. The van der Waals surface area contributed by atoms with E-state index in [0.29, 0.717) is 25.7 Å². The molecule has 5 atom stereocenters. The number of phosphoric ester groups is 2. The number of phosphoric acid groups is 2. The van der Waals surface area contributed by atoms with E-state index in [1.54, 1.807) is 0 Å². The van der Waals surface area contributed by atoms with E-state index in [0.717, 1.165) is 122 Å². The number of allylic oxidation sites excluding steroid dienone is 26. The van der Waals surface area contributed by atoms with Crippen LogP contribution in [-0.2, 0) is 55.8 Å². The largest absolute Gasteiger partial charge is 0.472 e. The van der Waals surface area contributed by atoms with Crippen LogP contribution in [0.3, 0.4) is 0 Å². The zero-order chi connectivity index (χ0) is 75.2. The number of carbonyl (C=O) groups is 3. The summed E-state index contributed by atoms with van der Waals surface area (Å²) in [6, 6.07) is 0. The number of aliphatic hydroxyl groups is 2. The van der Waals surface area contributed by atoms with Gasteiger partial charge in [0.1, 0.15) is 25.4 Å². The first-order valence-electron chi connectivity index (χ1n) is 39.8. The van der Waals surface area contributed by atoms with Gasteiger partial charge in [-0.1, -0.05) is 307 Å². The monoisotopic (exact) mass is 1480 g/mol. The summed E-state index contributed by atoms with van der Waals surface area (Å²) in [7, 11) is -9.82. The van der Waals surface area contributed by atoms with Crippen molar-refractivity contribution in [2.45, 2.75) is 322 Å². The average molecular weight is 1480 g/mol. The minimum atomic E-state index is -4.95. The Bertz CT molecular complexity index is 2500. The Morgan fingerprint density at radius 2 is 0.534 bits per heavy atom. The molecule has 16 nitrogen and oxygen atoms in total. The van der Waals surface area contributed by atoms with Crippen LogP contribution in [0.1, 0.15) is 303 Å². The molecule has 0 amide bonds. The van der Waals surface area contributed by atoms with E-state index in [4.69, 9.17) is 32.3 Å². The van der Waals surface area contributed by atoms with E-state index in [2.05, 4.69) is 161 Å². The normalized spacial score (nSPS) is 14.8. The van der Waals surface area contributed by atoms with Crippen LogP contribution < -0.4 is 0 Å². The molecular formula is C85H142O16P2. The van der Waals surface area contributed by atoms with E-state index in [9.17, 15) is 43.5 Å². The van der Waals surface area contributed by atoms with E-state index in [1.165, 1.54) is 116 Å². The van der Waals surface area contributed by atoms with Crippen molar-refractivity contribution in [3.05, 3.63) is 158 Å². The highest BCUT2D eigenvalue weighted by molar-refractivity contribution is 7.47. The van der Waals surface area contributed by atoms with Crippen molar-refractivity contribution in [1.29, 1.82) is 0 Å². The van der Waals surface area contributed by atoms with Gasteiger partial charge >= 0.3 is 33.6 Å². The third kappa shape index (κ3) is 78.1. The predicted molar refractivity (Wildman–Crippen MR) is 426 cm³/mol. The van der Waals surface area contributed by atoms with Crippen LogP contribution in [0.15, 0.2) is 158 Å². The van der Waals surface area contributed by atoms with Crippen molar-refractivity contribution in [1.82, 2.24) is 0 Å². The van der Waals surface area contributed by atoms with Crippen molar-refractivity contribution < 1.29 is 75.8 Å². The molecule has 0 aromatic heterocycles. The van der Waals surface area contributed by atoms with Gasteiger partial charge in [-0.2, -0.15) is 0 Å². The lowest BCUT2D eigenvalue weighted by Gasteiger charge is -2.21. The van der Waals surface area contributed by atoms with Gasteiger partial charge in [-0.3, -0.25) is 32.5 Å². The Hall–Kier alpha value is -4.83. The number of unbranched alkanes of at least 4 members (excludes halogenated alkanes) is 25. The van der Waals surface area contributed by atoms with Crippen molar-refractivity contribution >= 4 is 33.6 Å². The SMILES string of the molecule is CC/C=C\C/C=C\C/C=C\C/C=C\C/C=C\C/C=C\CCC(=O)OCC(COP(=O)(O)OCC(O)COP(=O)(O)OCC(O)COC(=O)CCCCCCCCCCCCCCCCCCC/C=C\C/C=C\C/C=C\C/C=C\CCCCC)OC(=O)CCCCCCC/C=C\C/C=C\C/C=C\CC. The molecule has 0 fully saturated rings. The number of aliphatic hydroxyl groups excluding tert-OH is 2. The number of hydrogen-bond donors (Lipinski definition) is 4. The summed E-state index contributed by atoms with van der Waals surface area (Å²) < 4.78 is 61.0. The highest BCUT2D eigenvalue weighted by Crippen LogP contribution is 2.45. The van der Waals surface area contributed by atoms with Gasteiger partial charge in [0, 0.05) is 19.3 Å². The highest BCUT2D eigenvalue weighted by Gasteiger charge is 2.29. The van der Waals surface area contributed by atoms with Crippen LogP contribution in [0.2, 0.25) is 0 Å². The molecule has 0 spiro atoms. The summed E-state index contributed by atoms with van der Waals surface area (Å²) >= 11 is 0. The lowest BCUT2D eigenvalue weighted by molar-refractivity contribution is -0.161. The molecular weight excluding hydrogens is 1340 g/mol. The van der Waals surface area contributed by atoms with Crippen LogP contribution in [0, 0.1) is 0 Å². The van der Waals surface area contributed by atoms with E-state index >= 15 is 0 Å². The molecule has 0 aliphatic carbocycles. The molecule has 0 aromatic carbocycles. The molecule has 0 rings (SSSR count). The highest BCUT2D eigenvalue weighted by atomic mass is 31.2. The fraction of sp³-hybridized carbons (Fsp3) is 0.659. The second kappa shape index (κ2) is 76.8. The van der Waals surface area contributed by atoms with Crippen molar-refractivity contribution in [3.63, 3.8) is 0 Å². The first-order valence-corrected chi connectivity index (χ1v) is 42.8. The molecule has 103 heavy (non-hydrogen) atoms. The number of hydrogen-bond acceptors (Lipinski definition) is 14. The summed E-state index contributed by atoms with van der Waals surface area (Å²) in [6.07, 6.45) is 96.2. The predicted octanol–water partition coefficient (Wildman–Crippen LogP) is 23.4. The summed E-state index contributed by atoms with van der Waals surface area (Å²) in [5, 5.41) is 20.6. The second-order valence-corrected chi connectivity index (χ2v) is 29.0. The van der Waals surface area contributed by atoms with Gasteiger partial charge in [0.05, 0.1) is 26.4 Å². The summed E-state index contributed by atoms with van der Waals surface area (Å²) in [4.78, 5) is 58.5. The number of ether oxygens (including phenoxy) is 3. The molecule has 0 bridgehead atoms. The number of esters is 3. The van der Waals surface area contributed by atoms with Gasteiger partial charge in [0.2, 0.25) is 0 Å². The third-order valence-electron chi connectivity index (χ3n) is 16.2. The van der Waals surface area contributed by atoms with Crippen LogP contribution in [0.5, 0.6) is 0 Å². The van der Waals surface area contributed by atoms with Gasteiger partial charge < -0.3 is 34.2 Å². The van der Waals surface area contributed by atoms with Crippen molar-refractivity contribution in [3.8, 4) is 0 Å². The third-order valence-corrected chi connectivity index (χ3v) is 18.1. The first kappa shape index (κ1) is 98.2. The lowest BCUT2D eigenvalue weighted by Crippen LogP contribution is -2.30. The summed E-state index contributed by atoms with van der Waals surface area (Å²) in [5.41, 5.74) is 0. The minimum absolute atomic E-state index is 0.0364. The smallest absolute Gasteiger partial charge is 0.463 e. The summed E-state index contributed by atoms with van der Waals surface area (Å²) in [6.45, 7) is 2.31. The maximum atomic E-state index is 12.9. The molecule has 5 unspecified atom stereocenters. The fourth-order valence-electron chi connectivity index (χ4n) is 10.2. The number of rotatable bonds is 74. The topological polar surface area (TPSA) is 231 Å². The van der Waals surface area contributed by atoms with Crippen LogP contribution >= 0.6 is 15.6 Å². The van der Waals surface area contributed by atoms with Gasteiger partial charge in [-0.05, 0) is 135 Å². The second-order valence-electron chi connectivity index (χ2n) is 26.1. The van der Waals surface area contributed by atoms with Gasteiger partial charge in [-0.15, -0.1) is 0 Å². The standard InChI is InChI=1S/C85H142O16P2/c1-4-7-10-13-16-19-22-25-28-30-32-33-34-35-36-37-38-39-40-41-42-43-44-45-47-49-51-53-56-59-62-65-68-71-83(88)95-74-80(86)75-97-102(91,92)98-76-81(87)77-99-103(93,94)100-79-82(101-85(90)73-70-67-64-61-58-55-50-27-24-21-18-15-12-9-6-3)78-96-84(89)72-69-66-63-60-57-54-52-48-46-31-29-26-23-20-17-14-11-8-5-2/h8-9,11-12,16-21,25-29,32-33,35-36,46,48,50,54,57,63,66,80-82,86-87H,4-7,10,13-15,22-24,30-31,34,37-45,47,49,51-53,55-56,58-62,64-65,67-79H2,1-3H3,(H,91,92)(H,93,94)/b11-8-,12-9-,19-16-,20-17-,21-18-,28-25-,29-26-,33-32-,36-35-,48-46-,50-27-,57-54-,66-63-. The maximum absolute atomic E-state index is 12.9. The molecule has 0 radical (unpaired) electrons. The van der Waals surface area contributed by atoms with E-state index in [-0.39, 0.29) is 19.3 Å². The quantitative estimate of drug-likeness (QED) is 0.0146. The molecule has 0 saturated heterocycles. The zero-order valence-electron chi connectivity index (χ0n) is 64.2. The van der Waals surface area contributed by atoms with Crippen LogP contribution in [0.25, 0.3) is 0 Å². The van der Waals surface area contributed by atoms with Gasteiger partial charge in [0.25, 0.3) is 0 Å². The van der Waals surface area contributed by atoms with Gasteiger partial charge in [0.15, 0.2) is 6.10 Å². The minimum Gasteiger partial charge on any atom is -0.463 e. The molecule has 0 heterocycles. The Morgan fingerprint density at radius 3 is 0.874 bits per heavy atom.